The molecule has 0 aromatic heterocycles. The molecule has 1 aliphatic heterocycles. The monoisotopic (exact) mass is 332 g/mol. The van der Waals surface area contributed by atoms with E-state index in [-0.39, 0.29) is 12.2 Å². The van der Waals surface area contributed by atoms with E-state index in [1.807, 2.05) is 0 Å². The van der Waals surface area contributed by atoms with Gasteiger partial charge in [0.1, 0.15) is 0 Å². The van der Waals surface area contributed by atoms with E-state index >= 15 is 0 Å². The molecule has 0 radical (unpaired) electrons. The molecule has 1 heterocycles. The van der Waals surface area contributed by atoms with Crippen LogP contribution >= 0.6 is 0 Å². The van der Waals surface area contributed by atoms with Crippen molar-refractivity contribution in [1.82, 2.24) is 4.90 Å². The van der Waals surface area contributed by atoms with Crippen molar-refractivity contribution in [2.45, 2.75) is 25.3 Å². The lowest BCUT2D eigenvalue weighted by atomic mass is 10.1. The molecule has 2 N–H and O–H groups in total. The Labute approximate surface area is 129 Å². The third-order valence-corrected chi connectivity index (χ3v) is 3.24. The van der Waals surface area contributed by atoms with Crippen LogP contribution in [0.25, 0.3) is 0 Å². The Morgan fingerprint density at radius 2 is 2.00 bits per heavy atom. The lowest BCUT2D eigenvalue weighted by Crippen LogP contribution is -2.46. The maximum atomic E-state index is 12.3. The van der Waals surface area contributed by atoms with Crippen LogP contribution < -0.4 is 10.1 Å². The van der Waals surface area contributed by atoms with Crippen LogP contribution in [-0.4, -0.2) is 47.4 Å². The third kappa shape index (κ3) is 4.85. The largest absolute Gasteiger partial charge is 0.573 e. The molecule has 2 rings (SSSR count). The Hall–Kier alpha value is -2.29. The Bertz CT molecular complexity index is 592. The maximum Gasteiger partial charge on any atom is 0.573 e. The highest BCUT2D eigenvalue weighted by molar-refractivity contribution is 6.39. The lowest BCUT2D eigenvalue weighted by Gasteiger charge is -2.29. The number of piperidine rings is 1. The number of β-amino-alcohol motifs (C(OH)–C–C–N with tert-alkyl or cyclic N) is 1. The molecule has 0 unspecified atom stereocenters. The molecule has 6 nitrogen and oxygen atoms in total. The molecule has 0 aliphatic carbocycles. The second-order valence-corrected chi connectivity index (χ2v) is 5.05. The fraction of sp³-hybridized carbons (Fsp3) is 0.429. The van der Waals surface area contributed by atoms with Crippen LogP contribution in [-0.2, 0) is 9.59 Å². The SMILES string of the molecule is O=C(Nc1ccccc1OC(F)(F)F)C(=O)N1CCC[C@@H](O)C1. The third-order valence-electron chi connectivity index (χ3n) is 3.24. The number of hydrogen-bond acceptors (Lipinski definition) is 4. The summed E-state index contributed by atoms with van der Waals surface area (Å²) in [6.07, 6.45) is -4.54. The van der Waals surface area contributed by atoms with E-state index < -0.39 is 30.0 Å². The minimum absolute atomic E-state index is 0.0208. The number of anilines is 1. The fourth-order valence-electron chi connectivity index (χ4n) is 2.24. The number of carbonyl (C=O) groups excluding carboxylic acids is 2. The Morgan fingerprint density at radius 3 is 2.65 bits per heavy atom. The smallest absolute Gasteiger partial charge is 0.404 e. The summed E-state index contributed by atoms with van der Waals surface area (Å²) in [5.74, 6) is -2.61. The van der Waals surface area contributed by atoms with Gasteiger partial charge in [0.05, 0.1) is 11.8 Å². The van der Waals surface area contributed by atoms with Crippen LogP contribution in [0.3, 0.4) is 0 Å². The number of halogens is 3. The van der Waals surface area contributed by atoms with Crippen LogP contribution in [0.15, 0.2) is 24.3 Å². The number of aliphatic hydroxyl groups excluding tert-OH is 1. The van der Waals surface area contributed by atoms with Crippen molar-refractivity contribution in [3.63, 3.8) is 0 Å². The summed E-state index contributed by atoms with van der Waals surface area (Å²) >= 11 is 0. The van der Waals surface area contributed by atoms with Crippen LogP contribution in [0.5, 0.6) is 5.75 Å². The minimum atomic E-state index is -4.91. The fourth-order valence-corrected chi connectivity index (χ4v) is 2.24. The Morgan fingerprint density at radius 1 is 1.30 bits per heavy atom. The molecular formula is C14H15F3N2O4. The molecule has 1 saturated heterocycles. The molecule has 0 spiro atoms. The zero-order valence-electron chi connectivity index (χ0n) is 12.0. The van der Waals surface area contributed by atoms with Gasteiger partial charge in [-0.05, 0) is 25.0 Å². The minimum Gasteiger partial charge on any atom is -0.404 e. The van der Waals surface area contributed by atoms with Crippen molar-refractivity contribution in [2.24, 2.45) is 0 Å². The number of nitrogens with zero attached hydrogens (tertiary/aromatic N) is 1. The van der Waals surface area contributed by atoms with Gasteiger partial charge in [-0.3, -0.25) is 9.59 Å². The van der Waals surface area contributed by atoms with Crippen molar-refractivity contribution < 1.29 is 32.6 Å². The van der Waals surface area contributed by atoms with E-state index in [2.05, 4.69) is 10.1 Å². The molecule has 9 heteroatoms. The molecule has 1 atom stereocenters. The number of aliphatic hydroxyl groups is 1. The number of rotatable bonds is 2. The standard InChI is InChI=1S/C14H15F3N2O4/c15-14(16,17)23-11-6-2-1-5-10(11)18-12(21)13(22)19-7-3-4-9(20)8-19/h1-2,5-6,9,20H,3-4,7-8H2,(H,18,21)/t9-/m1/s1. The van der Waals surface area contributed by atoms with Gasteiger partial charge in [0.15, 0.2) is 5.75 Å². The molecule has 126 valence electrons. The molecule has 23 heavy (non-hydrogen) atoms. The van der Waals surface area contributed by atoms with E-state index in [1.54, 1.807) is 0 Å². The Balaban J connectivity index is 2.06. The lowest BCUT2D eigenvalue weighted by molar-refractivity contribution is -0.274. The first-order chi connectivity index (χ1) is 10.8. The predicted octanol–water partition coefficient (Wildman–Crippen LogP) is 1.51. The number of likely N-dealkylation sites (tertiary alicyclic amines) is 1. The number of para-hydroxylation sites is 2. The van der Waals surface area contributed by atoms with Gasteiger partial charge in [-0.25, -0.2) is 0 Å². The quantitative estimate of drug-likeness (QED) is 0.805. The zero-order valence-corrected chi connectivity index (χ0v) is 12.0. The van der Waals surface area contributed by atoms with Crippen LogP contribution in [0.2, 0.25) is 0 Å². The van der Waals surface area contributed by atoms with Crippen LogP contribution in [0.4, 0.5) is 18.9 Å². The average molecular weight is 332 g/mol. The number of carbonyl (C=O) groups is 2. The molecule has 0 saturated carbocycles. The molecular weight excluding hydrogens is 317 g/mol. The van der Waals surface area contributed by atoms with Gasteiger partial charge in [0.2, 0.25) is 0 Å². The van der Waals surface area contributed by atoms with Gasteiger partial charge in [0, 0.05) is 13.1 Å². The number of hydrogen-bond donors (Lipinski definition) is 2. The first-order valence-corrected chi connectivity index (χ1v) is 6.89. The summed E-state index contributed by atoms with van der Waals surface area (Å²) in [4.78, 5) is 25.1. The highest BCUT2D eigenvalue weighted by atomic mass is 19.4. The molecule has 2 amide bonds. The van der Waals surface area contributed by atoms with Crippen molar-refractivity contribution >= 4 is 17.5 Å². The van der Waals surface area contributed by atoms with Gasteiger partial charge in [-0.1, -0.05) is 12.1 Å². The highest BCUT2D eigenvalue weighted by Gasteiger charge is 2.33. The van der Waals surface area contributed by atoms with E-state index in [0.717, 1.165) is 11.0 Å². The number of amides is 2. The van der Waals surface area contributed by atoms with Crippen molar-refractivity contribution in [3.8, 4) is 5.75 Å². The van der Waals surface area contributed by atoms with E-state index in [4.69, 9.17) is 0 Å². The molecule has 1 aromatic rings. The van der Waals surface area contributed by atoms with E-state index in [1.165, 1.54) is 18.2 Å². The van der Waals surface area contributed by atoms with Gasteiger partial charge in [-0.2, -0.15) is 0 Å². The average Bonchev–Trinajstić information content (AvgIpc) is 2.47. The Kier molecular flexibility index (Phi) is 5.09. The molecule has 1 aromatic carbocycles. The second kappa shape index (κ2) is 6.86. The van der Waals surface area contributed by atoms with Gasteiger partial charge in [0.25, 0.3) is 0 Å². The first kappa shape index (κ1) is 17.1. The van der Waals surface area contributed by atoms with Crippen molar-refractivity contribution in [1.29, 1.82) is 0 Å². The van der Waals surface area contributed by atoms with Crippen molar-refractivity contribution in [2.75, 3.05) is 18.4 Å². The summed E-state index contributed by atoms with van der Waals surface area (Å²) in [5, 5.41) is 11.6. The van der Waals surface area contributed by atoms with Crippen LogP contribution in [0, 0.1) is 0 Å². The van der Waals surface area contributed by atoms with Gasteiger partial charge >= 0.3 is 18.2 Å². The van der Waals surface area contributed by atoms with Crippen molar-refractivity contribution in [3.05, 3.63) is 24.3 Å². The normalized spacial score (nSPS) is 18.4. The van der Waals surface area contributed by atoms with E-state index in [9.17, 15) is 27.9 Å². The highest BCUT2D eigenvalue weighted by Crippen LogP contribution is 2.29. The summed E-state index contributed by atoms with van der Waals surface area (Å²) < 4.78 is 40.7. The summed E-state index contributed by atoms with van der Waals surface area (Å²) in [6.45, 7) is 0.330. The topological polar surface area (TPSA) is 78.9 Å². The van der Waals surface area contributed by atoms with Gasteiger partial charge in [-0.15, -0.1) is 13.2 Å². The van der Waals surface area contributed by atoms with Gasteiger partial charge < -0.3 is 20.1 Å². The molecule has 0 bridgehead atoms. The second-order valence-electron chi connectivity index (χ2n) is 5.05. The maximum absolute atomic E-state index is 12.3. The number of nitrogens with one attached hydrogen (secondary N) is 1. The summed E-state index contributed by atoms with van der Waals surface area (Å²) in [6, 6.07) is 4.92. The molecule has 1 aliphatic rings. The van der Waals surface area contributed by atoms with Crippen LogP contribution in [0.1, 0.15) is 12.8 Å². The summed E-state index contributed by atoms with van der Waals surface area (Å²) in [5.41, 5.74) is -0.263. The predicted molar refractivity (Wildman–Crippen MR) is 73.6 cm³/mol. The number of alkyl halides is 3. The summed E-state index contributed by atoms with van der Waals surface area (Å²) in [7, 11) is 0. The zero-order chi connectivity index (χ0) is 17.0. The molecule has 1 fully saturated rings. The number of benzene rings is 1. The van der Waals surface area contributed by atoms with E-state index in [0.29, 0.717) is 19.4 Å². The first-order valence-electron chi connectivity index (χ1n) is 6.89. The number of ether oxygens (including phenoxy) is 1.